The molecule has 5 heteroatoms. The molecular formula is C14H15N3O2. The summed E-state index contributed by atoms with van der Waals surface area (Å²) in [5, 5.41) is 0. The van der Waals surface area contributed by atoms with Gasteiger partial charge in [0.05, 0.1) is 17.9 Å². The molecule has 0 N–H and O–H groups in total. The Kier molecular flexibility index (Phi) is 3.27. The van der Waals surface area contributed by atoms with Gasteiger partial charge in [-0.1, -0.05) is 6.07 Å². The van der Waals surface area contributed by atoms with E-state index in [0.29, 0.717) is 5.76 Å². The average molecular weight is 257 g/mol. The van der Waals surface area contributed by atoms with Gasteiger partial charge in [0.2, 0.25) is 5.76 Å². The second kappa shape index (κ2) is 5.22. The molecule has 1 aliphatic heterocycles. The molecule has 98 valence electrons. The number of piperidine rings is 1. The van der Waals surface area contributed by atoms with E-state index in [-0.39, 0.29) is 11.9 Å². The third kappa shape index (κ3) is 2.36. The zero-order valence-corrected chi connectivity index (χ0v) is 10.5. The minimum Gasteiger partial charge on any atom is -0.438 e. The highest BCUT2D eigenvalue weighted by molar-refractivity contribution is 5.91. The number of hydrogen-bond donors (Lipinski definition) is 0. The lowest BCUT2D eigenvalue weighted by Crippen LogP contribution is -2.38. The lowest BCUT2D eigenvalue weighted by atomic mass is 9.98. The molecule has 1 unspecified atom stereocenters. The van der Waals surface area contributed by atoms with Crippen LogP contribution in [0.2, 0.25) is 0 Å². The molecule has 1 fully saturated rings. The van der Waals surface area contributed by atoms with E-state index in [1.165, 1.54) is 12.6 Å². The maximum absolute atomic E-state index is 12.4. The van der Waals surface area contributed by atoms with Crippen molar-refractivity contribution in [3.05, 3.63) is 48.4 Å². The number of aromatic nitrogens is 2. The Morgan fingerprint density at radius 3 is 3.05 bits per heavy atom. The number of nitrogens with zero attached hydrogens (tertiary/aromatic N) is 3. The zero-order valence-electron chi connectivity index (χ0n) is 10.5. The van der Waals surface area contributed by atoms with E-state index in [0.717, 1.165) is 31.5 Å². The Morgan fingerprint density at radius 2 is 2.32 bits per heavy atom. The first kappa shape index (κ1) is 11.9. The van der Waals surface area contributed by atoms with Crippen molar-refractivity contribution in [2.75, 3.05) is 6.54 Å². The molecule has 0 radical (unpaired) electrons. The molecule has 3 heterocycles. The molecule has 19 heavy (non-hydrogen) atoms. The summed E-state index contributed by atoms with van der Waals surface area (Å²) in [7, 11) is 0. The van der Waals surface area contributed by atoms with E-state index < -0.39 is 0 Å². The number of pyridine rings is 1. The van der Waals surface area contributed by atoms with Gasteiger partial charge in [-0.3, -0.25) is 9.78 Å². The summed E-state index contributed by atoms with van der Waals surface area (Å²) in [6, 6.07) is 5.84. The number of carbonyl (C=O) groups excluding carboxylic acids is 1. The van der Waals surface area contributed by atoms with Crippen LogP contribution in [0.1, 0.15) is 41.6 Å². The van der Waals surface area contributed by atoms with Crippen molar-refractivity contribution >= 4 is 5.91 Å². The summed E-state index contributed by atoms with van der Waals surface area (Å²) in [5.74, 6) is 0.190. The third-order valence-corrected chi connectivity index (χ3v) is 3.44. The Labute approximate surface area is 111 Å². The summed E-state index contributed by atoms with van der Waals surface area (Å²) in [6.45, 7) is 0.737. The normalized spacial score (nSPS) is 19.4. The molecule has 2 aromatic heterocycles. The quantitative estimate of drug-likeness (QED) is 0.829. The van der Waals surface area contributed by atoms with Crippen LogP contribution in [-0.2, 0) is 0 Å². The number of hydrogen-bond acceptors (Lipinski definition) is 4. The van der Waals surface area contributed by atoms with E-state index >= 15 is 0 Å². The molecule has 1 aliphatic rings. The predicted molar refractivity (Wildman–Crippen MR) is 68.4 cm³/mol. The van der Waals surface area contributed by atoms with Crippen LogP contribution in [0, 0.1) is 0 Å². The van der Waals surface area contributed by atoms with Crippen molar-refractivity contribution in [1.82, 2.24) is 14.9 Å². The van der Waals surface area contributed by atoms with E-state index in [2.05, 4.69) is 9.97 Å². The topological polar surface area (TPSA) is 59.2 Å². The minimum absolute atomic E-state index is 0.0348. The highest BCUT2D eigenvalue weighted by Gasteiger charge is 2.30. The molecule has 5 nitrogen and oxygen atoms in total. The van der Waals surface area contributed by atoms with Gasteiger partial charge < -0.3 is 9.32 Å². The Bertz CT molecular complexity index is 539. The van der Waals surface area contributed by atoms with Gasteiger partial charge >= 0.3 is 0 Å². The van der Waals surface area contributed by atoms with Gasteiger partial charge in [-0.15, -0.1) is 0 Å². The first-order valence-corrected chi connectivity index (χ1v) is 6.46. The smallest absolute Gasteiger partial charge is 0.291 e. The lowest BCUT2D eigenvalue weighted by molar-refractivity contribution is 0.0573. The van der Waals surface area contributed by atoms with Crippen molar-refractivity contribution in [3.8, 4) is 0 Å². The van der Waals surface area contributed by atoms with Crippen LogP contribution in [-0.4, -0.2) is 27.3 Å². The summed E-state index contributed by atoms with van der Waals surface area (Å²) in [5.41, 5.74) is 0.940. The molecule has 1 saturated heterocycles. The Balaban J connectivity index is 1.87. The highest BCUT2D eigenvalue weighted by Crippen LogP contribution is 2.30. The SMILES string of the molecule is O=C(c1cnco1)N1CCCCC1c1ccccn1. The fourth-order valence-electron chi connectivity index (χ4n) is 2.52. The van der Waals surface area contributed by atoms with Gasteiger partial charge in [0.15, 0.2) is 6.39 Å². The van der Waals surface area contributed by atoms with E-state index in [4.69, 9.17) is 4.42 Å². The van der Waals surface area contributed by atoms with E-state index in [1.807, 2.05) is 23.1 Å². The molecule has 0 bridgehead atoms. The fourth-order valence-corrected chi connectivity index (χ4v) is 2.52. The molecule has 0 spiro atoms. The number of amides is 1. The van der Waals surface area contributed by atoms with Crippen molar-refractivity contribution in [1.29, 1.82) is 0 Å². The lowest BCUT2D eigenvalue weighted by Gasteiger charge is -2.34. The Hall–Kier alpha value is -2.17. The molecule has 0 saturated carbocycles. The van der Waals surface area contributed by atoms with Gasteiger partial charge in [0.25, 0.3) is 5.91 Å². The van der Waals surface area contributed by atoms with Crippen LogP contribution >= 0.6 is 0 Å². The first-order valence-electron chi connectivity index (χ1n) is 6.46. The molecule has 2 aromatic rings. The van der Waals surface area contributed by atoms with E-state index in [9.17, 15) is 4.79 Å². The van der Waals surface area contributed by atoms with Crippen LogP contribution < -0.4 is 0 Å². The summed E-state index contributed by atoms with van der Waals surface area (Å²) < 4.78 is 5.11. The monoisotopic (exact) mass is 257 g/mol. The van der Waals surface area contributed by atoms with Crippen molar-refractivity contribution in [2.24, 2.45) is 0 Å². The number of carbonyl (C=O) groups is 1. The standard InChI is InChI=1S/C14H15N3O2/c18-14(13-9-15-10-19-13)17-8-4-2-6-12(17)11-5-1-3-7-16-11/h1,3,5,7,9-10,12H,2,4,6,8H2. The second-order valence-electron chi connectivity index (χ2n) is 4.63. The molecule has 3 rings (SSSR count). The minimum atomic E-state index is -0.104. The van der Waals surface area contributed by atoms with Crippen molar-refractivity contribution in [3.63, 3.8) is 0 Å². The third-order valence-electron chi connectivity index (χ3n) is 3.44. The van der Waals surface area contributed by atoms with Crippen molar-refractivity contribution in [2.45, 2.75) is 25.3 Å². The number of oxazole rings is 1. The largest absolute Gasteiger partial charge is 0.438 e. The predicted octanol–water partition coefficient (Wildman–Crippen LogP) is 2.44. The number of rotatable bonds is 2. The van der Waals surface area contributed by atoms with Gasteiger partial charge in [-0.05, 0) is 31.4 Å². The van der Waals surface area contributed by atoms with Crippen LogP contribution in [0.25, 0.3) is 0 Å². The van der Waals surface area contributed by atoms with Crippen molar-refractivity contribution < 1.29 is 9.21 Å². The van der Waals surface area contributed by atoms with Gasteiger partial charge in [-0.25, -0.2) is 4.98 Å². The Morgan fingerprint density at radius 1 is 1.37 bits per heavy atom. The molecule has 0 aliphatic carbocycles. The average Bonchev–Trinajstić information content (AvgIpc) is 3.02. The second-order valence-corrected chi connectivity index (χ2v) is 4.63. The maximum Gasteiger partial charge on any atom is 0.291 e. The summed E-state index contributed by atoms with van der Waals surface area (Å²) >= 11 is 0. The maximum atomic E-state index is 12.4. The van der Waals surface area contributed by atoms with Gasteiger partial charge in [-0.2, -0.15) is 0 Å². The van der Waals surface area contributed by atoms with Gasteiger partial charge in [0, 0.05) is 12.7 Å². The summed E-state index contributed by atoms with van der Waals surface area (Å²) in [6.07, 6.45) is 7.59. The molecule has 0 aromatic carbocycles. The van der Waals surface area contributed by atoms with Crippen LogP contribution in [0.4, 0.5) is 0 Å². The van der Waals surface area contributed by atoms with E-state index in [1.54, 1.807) is 6.20 Å². The zero-order chi connectivity index (χ0) is 13.1. The summed E-state index contributed by atoms with van der Waals surface area (Å²) in [4.78, 5) is 22.4. The van der Waals surface area contributed by atoms with Gasteiger partial charge in [0.1, 0.15) is 0 Å². The fraction of sp³-hybridized carbons (Fsp3) is 0.357. The van der Waals surface area contributed by atoms with Crippen LogP contribution in [0.15, 0.2) is 41.4 Å². The molecule has 1 atom stereocenters. The van der Waals surface area contributed by atoms with Crippen LogP contribution in [0.3, 0.4) is 0 Å². The molecule has 1 amide bonds. The van der Waals surface area contributed by atoms with Crippen LogP contribution in [0.5, 0.6) is 0 Å². The molecular weight excluding hydrogens is 242 g/mol. The number of likely N-dealkylation sites (tertiary alicyclic amines) is 1. The first-order chi connectivity index (χ1) is 9.36. The highest BCUT2D eigenvalue weighted by atomic mass is 16.3.